The summed E-state index contributed by atoms with van der Waals surface area (Å²) in [7, 11) is 1.45. The fourth-order valence-electron chi connectivity index (χ4n) is 4.90. The summed E-state index contributed by atoms with van der Waals surface area (Å²) in [4.78, 5) is 12.2. The van der Waals surface area contributed by atoms with E-state index in [1.54, 1.807) is 26.8 Å². The molecule has 6 atom stereocenters. The number of fused-ring (bicyclic) bond motifs is 1. The van der Waals surface area contributed by atoms with Crippen molar-refractivity contribution in [3.8, 4) is 5.75 Å². The molecular weight excluding hydrogens is 400 g/mol. The SMILES string of the molecule is COc1c(C)c([C@@](C)(O)[C@@H](O)/C(C)=C/C(C)=C/[C@]2(C)O[C@H](C)[C@@]3(C)O[C@H]32)oc(=O)c1C. The van der Waals surface area contributed by atoms with Gasteiger partial charge < -0.3 is 28.8 Å². The van der Waals surface area contributed by atoms with E-state index >= 15 is 0 Å². The number of allylic oxidation sites excluding steroid dienone is 2. The predicted octanol–water partition coefficient (Wildman–Crippen LogP) is 3.06. The zero-order valence-electron chi connectivity index (χ0n) is 19.8. The van der Waals surface area contributed by atoms with Crippen LogP contribution >= 0.6 is 0 Å². The fraction of sp³-hybridized carbons (Fsp3) is 0.625. The molecule has 2 aliphatic heterocycles. The van der Waals surface area contributed by atoms with Crippen LogP contribution in [0, 0.1) is 13.8 Å². The van der Waals surface area contributed by atoms with Gasteiger partial charge in [-0.2, -0.15) is 0 Å². The molecule has 7 nitrogen and oxygen atoms in total. The summed E-state index contributed by atoms with van der Waals surface area (Å²) >= 11 is 0. The lowest BCUT2D eigenvalue weighted by atomic mass is 9.87. The Kier molecular flexibility index (Phi) is 5.81. The lowest BCUT2D eigenvalue weighted by Crippen LogP contribution is -2.39. The van der Waals surface area contributed by atoms with E-state index in [4.69, 9.17) is 18.6 Å². The monoisotopic (exact) mass is 434 g/mol. The maximum Gasteiger partial charge on any atom is 0.342 e. The maximum atomic E-state index is 12.2. The summed E-state index contributed by atoms with van der Waals surface area (Å²) in [5.41, 5.74) is -1.12. The van der Waals surface area contributed by atoms with E-state index in [9.17, 15) is 15.0 Å². The summed E-state index contributed by atoms with van der Waals surface area (Å²) < 4.78 is 22.7. The zero-order chi connectivity index (χ0) is 23.5. The van der Waals surface area contributed by atoms with Gasteiger partial charge in [0.25, 0.3) is 0 Å². The molecule has 2 aliphatic rings. The van der Waals surface area contributed by atoms with Crippen LogP contribution in [0.2, 0.25) is 0 Å². The van der Waals surface area contributed by atoms with Crippen LogP contribution in [-0.2, 0) is 15.1 Å². The molecule has 0 aromatic carbocycles. The molecule has 0 radical (unpaired) electrons. The Labute approximate surface area is 183 Å². The minimum absolute atomic E-state index is 0.00894. The third-order valence-corrected chi connectivity index (χ3v) is 6.71. The van der Waals surface area contributed by atoms with Crippen molar-refractivity contribution in [2.24, 2.45) is 0 Å². The van der Waals surface area contributed by atoms with Crippen LogP contribution in [0.3, 0.4) is 0 Å². The number of aliphatic hydroxyl groups is 2. The highest BCUT2D eigenvalue weighted by atomic mass is 16.7. The average Bonchev–Trinajstić information content (AvgIpc) is 3.34. The molecule has 3 rings (SSSR count). The molecule has 0 aliphatic carbocycles. The minimum Gasteiger partial charge on any atom is -0.496 e. The minimum atomic E-state index is -1.84. The molecule has 0 amide bonds. The summed E-state index contributed by atoms with van der Waals surface area (Å²) in [6.45, 7) is 14.3. The first kappa shape index (κ1) is 23.7. The van der Waals surface area contributed by atoms with E-state index in [0.717, 1.165) is 5.57 Å². The lowest BCUT2D eigenvalue weighted by Gasteiger charge is -2.30. The van der Waals surface area contributed by atoms with Crippen molar-refractivity contribution in [2.45, 2.75) is 90.5 Å². The largest absolute Gasteiger partial charge is 0.496 e. The molecular formula is C24H34O7. The molecule has 1 aromatic rings. The standard InChI is InChI=1S/C24H34O7/c1-12(11-22(6)21-24(8,31-21)16(5)30-22)10-13(2)18(25)23(7,27)19-14(3)17(28-9)15(4)20(26)29-19/h10-11,16,18,21,25,27H,1-9H3/b12-11+,13-10+/t16-,18+,21+,22+,23+,24-/m1/s1. The maximum absolute atomic E-state index is 12.2. The normalized spacial score (nSPS) is 33.6. The van der Waals surface area contributed by atoms with Crippen molar-refractivity contribution < 1.29 is 28.8 Å². The summed E-state index contributed by atoms with van der Waals surface area (Å²) in [5.74, 6) is 0.313. The Morgan fingerprint density at radius 1 is 1.23 bits per heavy atom. The Morgan fingerprint density at radius 3 is 2.32 bits per heavy atom. The van der Waals surface area contributed by atoms with E-state index in [1.165, 1.54) is 14.0 Å². The highest BCUT2D eigenvalue weighted by Gasteiger charge is 2.71. The Hall–Kier alpha value is -1.93. The van der Waals surface area contributed by atoms with Gasteiger partial charge in [-0.1, -0.05) is 11.6 Å². The molecule has 31 heavy (non-hydrogen) atoms. The first-order valence-corrected chi connectivity index (χ1v) is 10.5. The van der Waals surface area contributed by atoms with Gasteiger partial charge in [-0.15, -0.1) is 0 Å². The van der Waals surface area contributed by atoms with Crippen LogP contribution < -0.4 is 10.4 Å². The van der Waals surface area contributed by atoms with Crippen molar-refractivity contribution in [2.75, 3.05) is 7.11 Å². The van der Waals surface area contributed by atoms with Gasteiger partial charge >= 0.3 is 5.63 Å². The average molecular weight is 435 g/mol. The lowest BCUT2D eigenvalue weighted by molar-refractivity contribution is -0.0720. The van der Waals surface area contributed by atoms with Crippen molar-refractivity contribution in [1.82, 2.24) is 0 Å². The van der Waals surface area contributed by atoms with E-state index in [1.807, 2.05) is 33.8 Å². The number of hydrogen-bond acceptors (Lipinski definition) is 7. The van der Waals surface area contributed by atoms with Gasteiger partial charge in [0.2, 0.25) is 0 Å². The van der Waals surface area contributed by atoms with Gasteiger partial charge in [-0.05, 0) is 67.0 Å². The highest BCUT2D eigenvalue weighted by molar-refractivity contribution is 5.42. The molecule has 172 valence electrons. The van der Waals surface area contributed by atoms with Gasteiger partial charge in [0, 0.05) is 5.56 Å². The second-order valence-electron chi connectivity index (χ2n) is 9.45. The molecule has 0 unspecified atom stereocenters. The molecule has 2 saturated heterocycles. The highest BCUT2D eigenvalue weighted by Crippen LogP contribution is 2.55. The molecule has 2 fully saturated rings. The van der Waals surface area contributed by atoms with Gasteiger partial charge in [0.15, 0.2) is 0 Å². The quantitative estimate of drug-likeness (QED) is 0.524. The van der Waals surface area contributed by atoms with Crippen LogP contribution in [0.25, 0.3) is 0 Å². The number of hydrogen-bond donors (Lipinski definition) is 2. The zero-order valence-corrected chi connectivity index (χ0v) is 19.8. The molecule has 3 heterocycles. The summed E-state index contributed by atoms with van der Waals surface area (Å²) in [6, 6.07) is 0. The molecule has 0 bridgehead atoms. The number of ether oxygens (including phenoxy) is 3. The van der Waals surface area contributed by atoms with E-state index in [2.05, 4.69) is 0 Å². The first-order chi connectivity index (χ1) is 14.2. The molecule has 0 saturated carbocycles. The van der Waals surface area contributed by atoms with E-state index in [0.29, 0.717) is 22.4 Å². The molecule has 7 heteroatoms. The molecule has 1 aromatic heterocycles. The Balaban J connectivity index is 1.90. The Bertz CT molecular complexity index is 1000. The summed E-state index contributed by atoms with van der Waals surface area (Å²) in [5, 5.41) is 22.1. The topological polar surface area (TPSA) is 102 Å². The van der Waals surface area contributed by atoms with Gasteiger partial charge in [-0.3, -0.25) is 0 Å². The van der Waals surface area contributed by atoms with Crippen molar-refractivity contribution in [3.05, 3.63) is 50.6 Å². The van der Waals surface area contributed by atoms with Gasteiger partial charge in [-0.25, -0.2) is 4.79 Å². The van der Waals surface area contributed by atoms with Crippen molar-refractivity contribution >= 4 is 0 Å². The van der Waals surface area contributed by atoms with Crippen LogP contribution in [0.15, 0.2) is 32.5 Å². The second-order valence-corrected chi connectivity index (χ2v) is 9.45. The second kappa shape index (κ2) is 7.59. The number of rotatable bonds is 6. The molecule has 0 spiro atoms. The number of aliphatic hydroxyl groups excluding tert-OH is 1. The Morgan fingerprint density at radius 2 is 1.84 bits per heavy atom. The van der Waals surface area contributed by atoms with Crippen molar-refractivity contribution in [3.63, 3.8) is 0 Å². The van der Waals surface area contributed by atoms with Crippen LogP contribution in [0.5, 0.6) is 5.75 Å². The third-order valence-electron chi connectivity index (χ3n) is 6.71. The first-order valence-electron chi connectivity index (χ1n) is 10.5. The smallest absolute Gasteiger partial charge is 0.342 e. The van der Waals surface area contributed by atoms with Crippen LogP contribution in [-0.4, -0.2) is 46.8 Å². The van der Waals surface area contributed by atoms with Gasteiger partial charge in [0.05, 0.1) is 18.8 Å². The van der Waals surface area contributed by atoms with E-state index in [-0.39, 0.29) is 23.6 Å². The molecule has 2 N–H and O–H groups in total. The van der Waals surface area contributed by atoms with Gasteiger partial charge in [0.1, 0.15) is 40.5 Å². The van der Waals surface area contributed by atoms with Crippen LogP contribution in [0.1, 0.15) is 58.4 Å². The summed E-state index contributed by atoms with van der Waals surface area (Å²) in [6.07, 6.45) is 2.44. The fourth-order valence-corrected chi connectivity index (χ4v) is 4.90. The predicted molar refractivity (Wildman–Crippen MR) is 116 cm³/mol. The number of epoxide rings is 1. The van der Waals surface area contributed by atoms with Crippen molar-refractivity contribution in [1.29, 1.82) is 0 Å². The van der Waals surface area contributed by atoms with E-state index < -0.39 is 22.9 Å². The van der Waals surface area contributed by atoms with Crippen LogP contribution in [0.4, 0.5) is 0 Å². The number of methoxy groups -OCH3 is 1. The third kappa shape index (κ3) is 3.78.